The van der Waals surface area contributed by atoms with Gasteiger partial charge in [0.25, 0.3) is 0 Å². The molecule has 11 N–H and O–H groups in total. The summed E-state index contributed by atoms with van der Waals surface area (Å²) in [5, 5.41) is 8.94. The van der Waals surface area contributed by atoms with Crippen molar-refractivity contribution in [2.24, 2.45) is 0 Å². The van der Waals surface area contributed by atoms with E-state index in [1.54, 1.807) is 21.1 Å². The van der Waals surface area contributed by atoms with Crippen molar-refractivity contribution in [2.75, 3.05) is 27.7 Å². The van der Waals surface area contributed by atoms with Crippen LogP contribution >= 0.6 is 7.60 Å². The van der Waals surface area contributed by atoms with Gasteiger partial charge in [0.2, 0.25) is 5.85 Å². The Morgan fingerprint density at radius 1 is 1.06 bits per heavy atom. The minimum absolute atomic E-state index is 0. The van der Waals surface area contributed by atoms with Crippen LogP contribution < -0.4 is 0 Å². The van der Waals surface area contributed by atoms with Gasteiger partial charge in [-0.2, -0.15) is 0 Å². The molecule has 16 heavy (non-hydrogen) atoms. The Hall–Kier alpha value is 1.17. The van der Waals surface area contributed by atoms with Crippen molar-refractivity contribution in [3.8, 4) is 0 Å². The third kappa shape index (κ3) is 20.6. The fourth-order valence-corrected chi connectivity index (χ4v) is 1.30. The van der Waals surface area contributed by atoms with E-state index in [2.05, 4.69) is 0 Å². The van der Waals surface area contributed by atoms with Gasteiger partial charge in [-0.25, -0.2) is 0 Å². The molecule has 0 rings (SSSR count). The summed E-state index contributed by atoms with van der Waals surface area (Å²) in [4.78, 5) is 17.0. The first-order valence-electron chi connectivity index (χ1n) is 3.17. The van der Waals surface area contributed by atoms with Crippen molar-refractivity contribution in [3.05, 3.63) is 0 Å². The van der Waals surface area contributed by atoms with E-state index in [1.165, 1.54) is 0 Å². The van der Waals surface area contributed by atoms with Crippen LogP contribution in [0.4, 0.5) is 0 Å². The third-order valence-electron chi connectivity index (χ3n) is 1.10. The molecule has 0 aromatic heterocycles. The molecule has 0 saturated carbocycles. The molecule has 9 nitrogen and oxygen atoms in total. The number of likely N-dealkylation sites (N-methyl/N-ethyl adjacent to an activating group) is 1. The van der Waals surface area contributed by atoms with Gasteiger partial charge >= 0.3 is 45.3 Å². The second-order valence-electron chi connectivity index (χ2n) is 3.54. The van der Waals surface area contributed by atoms with E-state index >= 15 is 0 Å². The molecule has 0 amide bonds. The number of hydrogen-bond donors (Lipinski definition) is 3. The summed E-state index contributed by atoms with van der Waals surface area (Å²) in [6.45, 7) is 0.0459. The fourth-order valence-electron chi connectivity index (χ4n) is 0.596. The molecule has 0 aliphatic carbocycles. The maximum atomic E-state index is 10.4. The zero-order chi connectivity index (χ0) is 9.28. The number of rotatable bonds is 3. The van der Waals surface area contributed by atoms with Crippen molar-refractivity contribution in [3.63, 3.8) is 0 Å². The van der Waals surface area contributed by atoms with Crippen LogP contribution in [-0.4, -0.2) is 113 Å². The van der Waals surface area contributed by atoms with Crippen LogP contribution in [0.2, 0.25) is 0 Å². The Kier molecular flexibility index (Phi) is 28.4. The van der Waals surface area contributed by atoms with Crippen molar-refractivity contribution >= 4 is 45.3 Å². The first-order valence-corrected chi connectivity index (χ1v) is 4.85. The van der Waals surface area contributed by atoms with E-state index in [0.29, 0.717) is 4.48 Å². The predicted molar refractivity (Wildman–Crippen MR) is 61.2 cm³/mol. The number of quaternary nitrogens is 1. The Morgan fingerprint density at radius 2 is 1.31 bits per heavy atom. The molecule has 0 radical (unpaired) electrons. The summed E-state index contributed by atoms with van der Waals surface area (Å²) < 4.78 is 10.8. The van der Waals surface area contributed by atoms with Gasteiger partial charge in [-0.1, -0.05) is 0 Å². The summed E-state index contributed by atoms with van der Waals surface area (Å²) >= 11 is 0. The molecule has 11 heteroatoms. The zero-order valence-electron chi connectivity index (χ0n) is 9.64. The van der Waals surface area contributed by atoms with Crippen molar-refractivity contribution < 1.29 is 45.8 Å². The van der Waals surface area contributed by atoms with Gasteiger partial charge in [0.1, 0.15) is 6.54 Å². The molecule has 0 spiro atoms. The number of aliphatic hydroxyl groups is 1. The summed E-state index contributed by atoms with van der Waals surface area (Å²) in [7, 11) is 0.933. The molecule has 1 unspecified atom stereocenters. The average Bonchev–Trinajstić information content (AvgIpc) is 1.56. The van der Waals surface area contributed by atoms with E-state index in [9.17, 15) is 4.57 Å². The van der Waals surface area contributed by atoms with Crippen LogP contribution in [0.5, 0.6) is 0 Å². The molecule has 0 aliphatic heterocycles. The molecule has 1 atom stereocenters. The van der Waals surface area contributed by atoms with Crippen LogP contribution in [0.25, 0.3) is 0 Å². The number of aliphatic hydroxyl groups excluding tert-OH is 1. The second-order valence-corrected chi connectivity index (χ2v) is 5.32. The normalized spacial score (nSPS) is 11.4. The van der Waals surface area contributed by atoms with Crippen LogP contribution in [0.3, 0.4) is 0 Å². The van der Waals surface area contributed by atoms with Gasteiger partial charge in [0.05, 0.1) is 21.1 Å². The maximum absolute atomic E-state index is 10.4. The molecule has 0 heterocycles. The monoisotopic (exact) mass is 296 g/mol. The quantitative estimate of drug-likeness (QED) is 0.267. The second kappa shape index (κ2) is 12.6. The number of hydrogen-bond acceptors (Lipinski definition) is 2. The first-order chi connectivity index (χ1) is 4.63. The maximum Gasteiger partial charge on any atom is 2.00 e. The Labute approximate surface area is 124 Å². The summed E-state index contributed by atoms with van der Waals surface area (Å²) in [6, 6.07) is 0. The number of nitrogens with zero attached hydrogens (tertiary/aromatic N) is 1. The standard InChI is InChI=1S/C5H14NO4P.Ca.4H2O/c1-6(2,3)4-5(7)11(8,9)10;;;;;/h5,7H,4H2,1-3H3,(H-,8,9,10);;4*1H2/q;+2;;;;/p+1. The Balaban J connectivity index is -0.0000000500. The molecule has 0 aromatic carbocycles. The van der Waals surface area contributed by atoms with Gasteiger partial charge in [-0.15, -0.1) is 0 Å². The molecule has 0 fully saturated rings. The zero-order valence-corrected chi connectivity index (χ0v) is 12.7. The Bertz CT molecular complexity index is 180. The predicted octanol–water partition coefficient (Wildman–Crippen LogP) is -4.49. The molecule has 0 saturated heterocycles. The fraction of sp³-hybridized carbons (Fsp3) is 1.00. The minimum atomic E-state index is -4.31. The van der Waals surface area contributed by atoms with Crippen LogP contribution in [-0.2, 0) is 4.57 Å². The molecule has 0 bridgehead atoms. The van der Waals surface area contributed by atoms with E-state index in [1.807, 2.05) is 0 Å². The van der Waals surface area contributed by atoms with Gasteiger partial charge < -0.3 is 41.3 Å². The summed E-state index contributed by atoms with van der Waals surface area (Å²) in [5.74, 6) is -1.55. The smallest absolute Gasteiger partial charge is 0.412 e. The van der Waals surface area contributed by atoms with Gasteiger partial charge in [0, 0.05) is 0 Å². The van der Waals surface area contributed by atoms with Gasteiger partial charge in [0.15, 0.2) is 0 Å². The van der Waals surface area contributed by atoms with Crippen molar-refractivity contribution in [1.29, 1.82) is 0 Å². The largest absolute Gasteiger partial charge is 2.00 e. The topological polar surface area (TPSA) is 204 Å². The van der Waals surface area contributed by atoms with Gasteiger partial charge in [-0.3, -0.25) is 4.57 Å². The molecular weight excluding hydrogens is 273 g/mol. The van der Waals surface area contributed by atoms with Crippen molar-refractivity contribution in [1.82, 2.24) is 0 Å². The van der Waals surface area contributed by atoms with E-state index < -0.39 is 13.4 Å². The SMILES string of the molecule is C[N+](C)(C)CC(O)P(=O)(O)O.O.O.O.O.[Ca+2]. The van der Waals surface area contributed by atoms with Crippen LogP contribution in [0, 0.1) is 0 Å². The van der Waals surface area contributed by atoms with E-state index in [4.69, 9.17) is 14.9 Å². The van der Waals surface area contributed by atoms with Gasteiger partial charge in [-0.05, 0) is 0 Å². The average molecular weight is 296 g/mol. The first kappa shape index (κ1) is 36.0. The van der Waals surface area contributed by atoms with Crippen molar-refractivity contribution in [2.45, 2.75) is 5.85 Å². The molecule has 0 aliphatic rings. The van der Waals surface area contributed by atoms with Crippen LogP contribution in [0.1, 0.15) is 0 Å². The van der Waals surface area contributed by atoms with E-state index in [0.717, 1.165) is 0 Å². The summed E-state index contributed by atoms with van der Waals surface area (Å²) in [5.41, 5.74) is 0. The Morgan fingerprint density at radius 3 is 1.38 bits per heavy atom. The molecule has 100 valence electrons. The van der Waals surface area contributed by atoms with Crippen LogP contribution in [0.15, 0.2) is 0 Å². The molecule has 0 aromatic rings. The van der Waals surface area contributed by atoms with E-state index in [-0.39, 0.29) is 66.2 Å². The minimum Gasteiger partial charge on any atom is -0.412 e. The molecular formula is C5H23CaNO8P+3. The third-order valence-corrected chi connectivity index (χ3v) is 2.04. The summed E-state index contributed by atoms with van der Waals surface area (Å²) in [6.07, 6.45) is 0.